The summed E-state index contributed by atoms with van der Waals surface area (Å²) in [5, 5.41) is 9.02. The molecule has 5 heteroatoms. The number of nitrogens with two attached hydrogens (primary N) is 1. The van der Waals surface area contributed by atoms with Gasteiger partial charge in [-0.2, -0.15) is 0 Å². The predicted octanol–water partition coefficient (Wildman–Crippen LogP) is -0.668. The number of aliphatic hydroxyl groups excluding tert-OH is 1. The van der Waals surface area contributed by atoms with Crippen LogP contribution < -0.4 is 5.73 Å². The van der Waals surface area contributed by atoms with E-state index in [4.69, 9.17) is 15.6 Å². The lowest BCUT2D eigenvalue weighted by molar-refractivity contribution is -0.151. The Bertz CT molecular complexity index is 237. The largest absolute Gasteiger partial charge is 0.394 e. The highest BCUT2D eigenvalue weighted by Gasteiger charge is 2.33. The number of amides is 1. The highest BCUT2D eigenvalue weighted by atomic mass is 16.5. The molecule has 0 aromatic rings. The molecular weight excluding hydrogens is 196 g/mol. The molecule has 0 bridgehead atoms. The lowest BCUT2D eigenvalue weighted by atomic mass is 10.0. The van der Waals surface area contributed by atoms with Crippen LogP contribution in [-0.2, 0) is 9.53 Å². The first kappa shape index (κ1) is 12.4. The normalized spacial score (nSPS) is 27.9. The molecule has 0 saturated carbocycles. The molecule has 15 heavy (non-hydrogen) atoms. The summed E-state index contributed by atoms with van der Waals surface area (Å²) < 4.78 is 5.44. The number of hydrogen-bond acceptors (Lipinski definition) is 4. The van der Waals surface area contributed by atoms with Crippen molar-refractivity contribution < 1.29 is 14.6 Å². The molecule has 0 aromatic carbocycles. The quantitative estimate of drug-likeness (QED) is 0.642. The number of carbonyl (C=O) groups is 1. The van der Waals surface area contributed by atoms with Crippen LogP contribution in [-0.4, -0.2) is 53.4 Å². The standard InChI is InChI=1S/C10H20N2O3/c1-7-4-12(5-8(6-13)15-7)9(14)10(2,3)11/h7-8,13H,4-6,11H2,1-3H3. The van der Waals surface area contributed by atoms with E-state index in [0.717, 1.165) is 0 Å². The minimum atomic E-state index is -0.864. The van der Waals surface area contributed by atoms with Crippen molar-refractivity contribution in [1.29, 1.82) is 0 Å². The molecule has 1 saturated heterocycles. The van der Waals surface area contributed by atoms with E-state index in [1.807, 2.05) is 6.92 Å². The number of aliphatic hydroxyl groups is 1. The van der Waals surface area contributed by atoms with Crippen molar-refractivity contribution in [2.75, 3.05) is 19.7 Å². The molecule has 1 fully saturated rings. The average Bonchev–Trinajstić information content (AvgIpc) is 2.14. The van der Waals surface area contributed by atoms with Gasteiger partial charge >= 0.3 is 0 Å². The van der Waals surface area contributed by atoms with E-state index < -0.39 is 5.54 Å². The second-order valence-electron chi connectivity index (χ2n) is 4.68. The Balaban J connectivity index is 2.66. The molecule has 1 amide bonds. The van der Waals surface area contributed by atoms with Crippen molar-refractivity contribution in [3.05, 3.63) is 0 Å². The number of morpholine rings is 1. The molecule has 2 unspecified atom stereocenters. The van der Waals surface area contributed by atoms with Crippen LogP contribution in [0, 0.1) is 0 Å². The van der Waals surface area contributed by atoms with Crippen molar-refractivity contribution in [3.63, 3.8) is 0 Å². The third-order valence-corrected chi connectivity index (χ3v) is 2.37. The van der Waals surface area contributed by atoms with Gasteiger partial charge in [0.25, 0.3) is 0 Å². The second-order valence-corrected chi connectivity index (χ2v) is 4.68. The molecule has 1 aliphatic heterocycles. The molecule has 0 radical (unpaired) electrons. The highest BCUT2D eigenvalue weighted by molar-refractivity contribution is 5.85. The summed E-state index contributed by atoms with van der Waals surface area (Å²) in [6.07, 6.45) is -0.345. The van der Waals surface area contributed by atoms with Crippen LogP contribution in [0.2, 0.25) is 0 Å². The summed E-state index contributed by atoms with van der Waals surface area (Å²) >= 11 is 0. The van der Waals surface area contributed by atoms with Gasteiger partial charge in [0.15, 0.2) is 0 Å². The summed E-state index contributed by atoms with van der Waals surface area (Å²) in [6, 6.07) is 0. The zero-order valence-corrected chi connectivity index (χ0v) is 9.56. The van der Waals surface area contributed by atoms with Crippen LogP contribution in [0.5, 0.6) is 0 Å². The van der Waals surface area contributed by atoms with E-state index in [1.165, 1.54) is 0 Å². The van der Waals surface area contributed by atoms with Crippen LogP contribution >= 0.6 is 0 Å². The molecule has 88 valence electrons. The number of nitrogens with zero attached hydrogens (tertiary/aromatic N) is 1. The van der Waals surface area contributed by atoms with Gasteiger partial charge in [-0.15, -0.1) is 0 Å². The Labute approximate surface area is 90.2 Å². The van der Waals surface area contributed by atoms with Crippen LogP contribution in [0.1, 0.15) is 20.8 Å². The van der Waals surface area contributed by atoms with Crippen molar-refractivity contribution >= 4 is 5.91 Å². The second kappa shape index (κ2) is 4.47. The van der Waals surface area contributed by atoms with Gasteiger partial charge < -0.3 is 20.5 Å². The minimum absolute atomic E-state index is 0.0535. The van der Waals surface area contributed by atoms with Gasteiger partial charge in [0, 0.05) is 13.1 Å². The van der Waals surface area contributed by atoms with E-state index in [2.05, 4.69) is 0 Å². The fourth-order valence-electron chi connectivity index (χ4n) is 1.72. The third kappa shape index (κ3) is 3.15. The lowest BCUT2D eigenvalue weighted by Crippen LogP contribution is -2.58. The monoisotopic (exact) mass is 216 g/mol. The first-order chi connectivity index (χ1) is 6.84. The Morgan fingerprint density at radius 1 is 1.60 bits per heavy atom. The third-order valence-electron chi connectivity index (χ3n) is 2.37. The SMILES string of the molecule is CC1CN(C(=O)C(C)(C)N)CC(CO)O1. The van der Waals surface area contributed by atoms with Gasteiger partial charge in [-0.3, -0.25) is 4.79 Å². The summed E-state index contributed by atoms with van der Waals surface area (Å²) in [5.41, 5.74) is 4.88. The van der Waals surface area contributed by atoms with Crippen molar-refractivity contribution in [2.45, 2.75) is 38.5 Å². The topological polar surface area (TPSA) is 75.8 Å². The van der Waals surface area contributed by atoms with Crippen LogP contribution in [0.3, 0.4) is 0 Å². The zero-order valence-electron chi connectivity index (χ0n) is 9.56. The van der Waals surface area contributed by atoms with E-state index in [1.54, 1.807) is 18.7 Å². The Kier molecular flexibility index (Phi) is 3.70. The molecule has 3 N–H and O–H groups in total. The number of carbonyl (C=O) groups excluding carboxylic acids is 1. The molecular formula is C10H20N2O3. The maximum Gasteiger partial charge on any atom is 0.242 e. The Morgan fingerprint density at radius 3 is 2.67 bits per heavy atom. The van der Waals surface area contributed by atoms with Gasteiger partial charge in [-0.1, -0.05) is 0 Å². The zero-order chi connectivity index (χ0) is 11.6. The van der Waals surface area contributed by atoms with Gasteiger partial charge in [0.1, 0.15) is 0 Å². The van der Waals surface area contributed by atoms with E-state index in [-0.39, 0.29) is 24.7 Å². The molecule has 1 rings (SSSR count). The molecule has 1 heterocycles. The van der Waals surface area contributed by atoms with Crippen molar-refractivity contribution in [3.8, 4) is 0 Å². The highest BCUT2D eigenvalue weighted by Crippen LogP contribution is 2.14. The molecule has 0 aromatic heterocycles. The lowest BCUT2D eigenvalue weighted by Gasteiger charge is -2.38. The first-order valence-electron chi connectivity index (χ1n) is 5.19. The Hall–Kier alpha value is -0.650. The molecule has 5 nitrogen and oxygen atoms in total. The van der Waals surface area contributed by atoms with Crippen LogP contribution in [0.4, 0.5) is 0 Å². The summed E-state index contributed by atoms with van der Waals surface area (Å²) in [7, 11) is 0. The molecule has 0 spiro atoms. The smallest absolute Gasteiger partial charge is 0.242 e. The first-order valence-corrected chi connectivity index (χ1v) is 5.19. The van der Waals surface area contributed by atoms with E-state index >= 15 is 0 Å². The molecule has 0 aliphatic carbocycles. The molecule has 2 atom stereocenters. The fourth-order valence-corrected chi connectivity index (χ4v) is 1.72. The number of rotatable bonds is 2. The maximum absolute atomic E-state index is 11.9. The van der Waals surface area contributed by atoms with Crippen LogP contribution in [0.15, 0.2) is 0 Å². The van der Waals surface area contributed by atoms with Gasteiger partial charge in [-0.05, 0) is 20.8 Å². The van der Waals surface area contributed by atoms with Crippen molar-refractivity contribution in [2.24, 2.45) is 5.73 Å². The summed E-state index contributed by atoms with van der Waals surface area (Å²) in [5.74, 6) is -0.101. The van der Waals surface area contributed by atoms with E-state index in [9.17, 15) is 4.79 Å². The maximum atomic E-state index is 11.9. The average molecular weight is 216 g/mol. The summed E-state index contributed by atoms with van der Waals surface area (Å²) in [4.78, 5) is 13.6. The van der Waals surface area contributed by atoms with E-state index in [0.29, 0.717) is 13.1 Å². The van der Waals surface area contributed by atoms with Gasteiger partial charge in [0.05, 0.1) is 24.4 Å². The number of ether oxygens (including phenoxy) is 1. The van der Waals surface area contributed by atoms with Gasteiger partial charge in [-0.25, -0.2) is 0 Å². The molecule has 1 aliphatic rings. The minimum Gasteiger partial charge on any atom is -0.394 e. The van der Waals surface area contributed by atoms with Crippen molar-refractivity contribution in [1.82, 2.24) is 4.90 Å². The summed E-state index contributed by atoms with van der Waals surface area (Å²) in [6.45, 7) is 6.13. The Morgan fingerprint density at radius 2 is 2.20 bits per heavy atom. The fraction of sp³-hybridized carbons (Fsp3) is 0.900. The number of hydrogen-bond donors (Lipinski definition) is 2. The van der Waals surface area contributed by atoms with Crippen LogP contribution in [0.25, 0.3) is 0 Å². The predicted molar refractivity (Wildman–Crippen MR) is 56.3 cm³/mol. The van der Waals surface area contributed by atoms with Gasteiger partial charge in [0.2, 0.25) is 5.91 Å².